The number of aryl methyl sites for hydroxylation is 1. The van der Waals surface area contributed by atoms with Crippen molar-refractivity contribution < 1.29 is 0 Å². The first-order valence-electron chi connectivity index (χ1n) is 6.96. The lowest BCUT2D eigenvalue weighted by atomic mass is 9.95. The molecule has 0 aliphatic rings. The molecule has 0 nitrogen and oxygen atoms in total. The average molecular weight is 254 g/mol. The van der Waals surface area contributed by atoms with Gasteiger partial charge in [0.2, 0.25) is 0 Å². The van der Waals surface area contributed by atoms with E-state index >= 15 is 0 Å². The van der Waals surface area contributed by atoms with Crippen molar-refractivity contribution in [2.24, 2.45) is 0 Å². The Morgan fingerprint density at radius 2 is 1.74 bits per heavy atom. The topological polar surface area (TPSA) is 0 Å². The van der Waals surface area contributed by atoms with Crippen LogP contribution in [0.15, 0.2) is 49.1 Å². The van der Waals surface area contributed by atoms with Crippen molar-refractivity contribution in [2.45, 2.75) is 46.5 Å². The fourth-order valence-electron chi connectivity index (χ4n) is 2.26. The zero-order valence-corrected chi connectivity index (χ0v) is 12.7. The summed E-state index contributed by atoms with van der Waals surface area (Å²) in [6, 6.07) is 6.63. The highest BCUT2D eigenvalue weighted by Crippen LogP contribution is 2.21. The summed E-state index contributed by atoms with van der Waals surface area (Å²) in [7, 11) is 0. The van der Waals surface area contributed by atoms with Gasteiger partial charge in [0, 0.05) is 0 Å². The predicted molar refractivity (Wildman–Crippen MR) is 87.4 cm³/mol. The highest BCUT2D eigenvalue weighted by Gasteiger charge is 2.03. The third-order valence-electron chi connectivity index (χ3n) is 3.35. The minimum absolute atomic E-state index is 0.969. The van der Waals surface area contributed by atoms with E-state index in [4.69, 9.17) is 0 Å². The Bertz CT molecular complexity index is 489. The summed E-state index contributed by atoms with van der Waals surface area (Å²) in [4.78, 5) is 0. The van der Waals surface area contributed by atoms with E-state index in [2.05, 4.69) is 58.7 Å². The van der Waals surface area contributed by atoms with Gasteiger partial charge in [0.15, 0.2) is 0 Å². The summed E-state index contributed by atoms with van der Waals surface area (Å²) in [6.07, 6.45) is 4.32. The second-order valence-corrected chi connectivity index (χ2v) is 5.67. The third-order valence-corrected chi connectivity index (χ3v) is 3.35. The molecule has 0 fully saturated rings. The first-order chi connectivity index (χ1) is 8.90. The van der Waals surface area contributed by atoms with Crippen LogP contribution in [0.2, 0.25) is 0 Å². The van der Waals surface area contributed by atoms with E-state index in [1.54, 1.807) is 0 Å². The molecule has 0 spiro atoms. The molecule has 0 unspecified atom stereocenters. The van der Waals surface area contributed by atoms with Crippen LogP contribution >= 0.6 is 0 Å². The molecular weight excluding hydrogens is 228 g/mol. The van der Waals surface area contributed by atoms with Crippen LogP contribution in [0.3, 0.4) is 0 Å². The Kier molecular flexibility index (Phi) is 5.82. The molecule has 0 aliphatic heterocycles. The number of rotatable bonds is 7. The zero-order chi connectivity index (χ0) is 14.4. The SMILES string of the molecule is C=C(C)CCCC(=C)Cc1ccc(C)c(C(=C)C)c1. The molecule has 0 aromatic heterocycles. The molecule has 0 saturated carbocycles. The van der Waals surface area contributed by atoms with Crippen molar-refractivity contribution in [3.05, 3.63) is 65.8 Å². The largest absolute Gasteiger partial charge is 0.100 e. The Morgan fingerprint density at radius 1 is 1.05 bits per heavy atom. The molecule has 0 heterocycles. The molecule has 0 aliphatic carbocycles. The van der Waals surface area contributed by atoms with Crippen molar-refractivity contribution in [1.82, 2.24) is 0 Å². The third kappa shape index (κ3) is 5.30. The Hall–Kier alpha value is -1.56. The highest BCUT2D eigenvalue weighted by atomic mass is 14.1. The summed E-state index contributed by atoms with van der Waals surface area (Å²) in [5.41, 5.74) is 7.60. The van der Waals surface area contributed by atoms with Crippen molar-refractivity contribution in [1.29, 1.82) is 0 Å². The Morgan fingerprint density at radius 3 is 2.32 bits per heavy atom. The monoisotopic (exact) mass is 254 g/mol. The smallest absolute Gasteiger partial charge is 0.00696 e. The fraction of sp³-hybridized carbons (Fsp3) is 0.368. The molecule has 1 aromatic rings. The van der Waals surface area contributed by atoms with E-state index in [1.807, 2.05) is 0 Å². The molecular formula is C19H26. The minimum Gasteiger partial charge on any atom is -0.100 e. The summed E-state index contributed by atoms with van der Waals surface area (Å²) >= 11 is 0. The number of hydrogen-bond donors (Lipinski definition) is 0. The van der Waals surface area contributed by atoms with Gasteiger partial charge < -0.3 is 0 Å². The van der Waals surface area contributed by atoms with Gasteiger partial charge in [-0.15, -0.1) is 6.58 Å². The van der Waals surface area contributed by atoms with E-state index in [-0.39, 0.29) is 0 Å². The van der Waals surface area contributed by atoms with Crippen LogP contribution in [0.25, 0.3) is 5.57 Å². The van der Waals surface area contributed by atoms with Crippen LogP contribution in [-0.2, 0) is 6.42 Å². The van der Waals surface area contributed by atoms with Crippen LogP contribution < -0.4 is 0 Å². The molecule has 102 valence electrons. The number of hydrogen-bond acceptors (Lipinski definition) is 0. The molecule has 1 aromatic carbocycles. The summed E-state index contributed by atoms with van der Waals surface area (Å²) in [5, 5.41) is 0. The summed E-state index contributed by atoms with van der Waals surface area (Å²) < 4.78 is 0. The van der Waals surface area contributed by atoms with Gasteiger partial charge >= 0.3 is 0 Å². The Labute approximate surface area is 118 Å². The first kappa shape index (κ1) is 15.5. The molecule has 0 atom stereocenters. The first-order valence-corrected chi connectivity index (χ1v) is 6.96. The summed E-state index contributed by atoms with van der Waals surface area (Å²) in [6.45, 7) is 18.5. The highest BCUT2D eigenvalue weighted by molar-refractivity contribution is 5.65. The second kappa shape index (κ2) is 7.13. The van der Waals surface area contributed by atoms with Crippen LogP contribution in [0.4, 0.5) is 0 Å². The molecule has 0 amide bonds. The van der Waals surface area contributed by atoms with Crippen molar-refractivity contribution in [3.63, 3.8) is 0 Å². The van der Waals surface area contributed by atoms with E-state index in [9.17, 15) is 0 Å². The van der Waals surface area contributed by atoms with Gasteiger partial charge in [0.1, 0.15) is 0 Å². The van der Waals surface area contributed by atoms with Gasteiger partial charge in [-0.1, -0.05) is 48.1 Å². The van der Waals surface area contributed by atoms with Crippen LogP contribution in [-0.4, -0.2) is 0 Å². The van der Waals surface area contributed by atoms with Crippen molar-refractivity contribution in [2.75, 3.05) is 0 Å². The molecule has 19 heavy (non-hydrogen) atoms. The quantitative estimate of drug-likeness (QED) is 0.533. The lowest BCUT2D eigenvalue weighted by Gasteiger charge is -2.10. The van der Waals surface area contributed by atoms with E-state index in [1.165, 1.54) is 27.8 Å². The Balaban J connectivity index is 2.62. The molecule has 0 heteroatoms. The maximum atomic E-state index is 4.19. The van der Waals surface area contributed by atoms with Gasteiger partial charge in [-0.3, -0.25) is 0 Å². The lowest BCUT2D eigenvalue weighted by molar-refractivity contribution is 0.790. The lowest BCUT2D eigenvalue weighted by Crippen LogP contribution is -1.93. The van der Waals surface area contributed by atoms with Gasteiger partial charge in [0.25, 0.3) is 0 Å². The number of benzene rings is 1. The maximum absolute atomic E-state index is 4.19. The molecule has 0 bridgehead atoms. The molecule has 0 saturated heterocycles. The minimum atomic E-state index is 0.969. The summed E-state index contributed by atoms with van der Waals surface area (Å²) in [5.74, 6) is 0. The van der Waals surface area contributed by atoms with Crippen molar-refractivity contribution >= 4 is 5.57 Å². The van der Waals surface area contributed by atoms with Gasteiger partial charge in [-0.2, -0.15) is 0 Å². The van der Waals surface area contributed by atoms with E-state index in [0.717, 1.165) is 31.3 Å². The van der Waals surface area contributed by atoms with Crippen LogP contribution in [0.5, 0.6) is 0 Å². The second-order valence-electron chi connectivity index (χ2n) is 5.67. The average Bonchev–Trinajstić information content (AvgIpc) is 2.30. The van der Waals surface area contributed by atoms with Crippen LogP contribution in [0, 0.1) is 6.92 Å². The molecule has 0 N–H and O–H groups in total. The van der Waals surface area contributed by atoms with E-state index < -0.39 is 0 Å². The standard InChI is InChI=1S/C19H26/c1-14(2)8-7-9-16(5)12-18-11-10-17(6)19(13-18)15(3)4/h10-11,13H,1,3,5,7-9,12H2,2,4,6H3. The zero-order valence-electron chi connectivity index (χ0n) is 12.7. The van der Waals surface area contributed by atoms with Gasteiger partial charge in [0.05, 0.1) is 0 Å². The van der Waals surface area contributed by atoms with Crippen molar-refractivity contribution in [3.8, 4) is 0 Å². The van der Waals surface area contributed by atoms with Gasteiger partial charge in [-0.25, -0.2) is 0 Å². The normalized spacial score (nSPS) is 10.3. The van der Waals surface area contributed by atoms with Crippen LogP contribution in [0.1, 0.15) is 49.8 Å². The molecule has 1 rings (SSSR count). The predicted octanol–water partition coefficient (Wildman–Crippen LogP) is 5.87. The van der Waals surface area contributed by atoms with E-state index in [0.29, 0.717) is 0 Å². The fourth-order valence-corrected chi connectivity index (χ4v) is 2.26. The molecule has 0 radical (unpaired) electrons. The number of allylic oxidation sites excluding steroid dienone is 3. The maximum Gasteiger partial charge on any atom is -0.00696 e. The van der Waals surface area contributed by atoms with Gasteiger partial charge in [-0.05, 0) is 63.1 Å².